The minimum Gasteiger partial charge on any atom is -0.392 e. The van der Waals surface area contributed by atoms with Crippen molar-refractivity contribution in [2.45, 2.75) is 12.8 Å². The van der Waals surface area contributed by atoms with Crippen molar-refractivity contribution in [3.8, 4) is 0 Å². The molecule has 1 saturated heterocycles. The second-order valence-corrected chi connectivity index (χ2v) is 2.26. The SMILES string of the molecule is O=C1CCCN1C=CCO. The lowest BCUT2D eigenvalue weighted by molar-refractivity contribution is -0.125. The molecule has 0 aromatic carbocycles. The topological polar surface area (TPSA) is 40.5 Å². The Bertz CT molecular complexity index is 154. The number of carbonyl (C=O) groups is 1. The molecule has 1 aliphatic heterocycles. The average molecular weight is 141 g/mol. The molecular weight excluding hydrogens is 130 g/mol. The van der Waals surface area contributed by atoms with Gasteiger partial charge in [-0.1, -0.05) is 0 Å². The van der Waals surface area contributed by atoms with Crippen LogP contribution in [0.2, 0.25) is 0 Å². The van der Waals surface area contributed by atoms with Gasteiger partial charge in [0.2, 0.25) is 5.91 Å². The first-order valence-electron chi connectivity index (χ1n) is 3.41. The Kier molecular flexibility index (Phi) is 2.45. The van der Waals surface area contributed by atoms with E-state index in [-0.39, 0.29) is 12.5 Å². The molecule has 0 atom stereocenters. The monoisotopic (exact) mass is 141 g/mol. The number of carbonyl (C=O) groups excluding carboxylic acids is 1. The first kappa shape index (κ1) is 7.28. The van der Waals surface area contributed by atoms with Gasteiger partial charge in [0, 0.05) is 19.2 Å². The Hall–Kier alpha value is -0.830. The highest BCUT2D eigenvalue weighted by Crippen LogP contribution is 2.08. The molecule has 0 radical (unpaired) electrons. The predicted molar refractivity (Wildman–Crippen MR) is 37.2 cm³/mol. The summed E-state index contributed by atoms with van der Waals surface area (Å²) in [5.41, 5.74) is 0. The highest BCUT2D eigenvalue weighted by molar-refractivity contribution is 5.79. The van der Waals surface area contributed by atoms with E-state index in [9.17, 15) is 4.79 Å². The first-order valence-corrected chi connectivity index (χ1v) is 3.41. The van der Waals surface area contributed by atoms with Gasteiger partial charge in [0.25, 0.3) is 0 Å². The number of aliphatic hydroxyl groups is 1. The fraction of sp³-hybridized carbons (Fsp3) is 0.571. The summed E-state index contributed by atoms with van der Waals surface area (Å²) in [6.07, 6.45) is 4.81. The van der Waals surface area contributed by atoms with E-state index < -0.39 is 0 Å². The van der Waals surface area contributed by atoms with Gasteiger partial charge in [-0.15, -0.1) is 0 Å². The molecule has 1 aliphatic rings. The molecule has 0 unspecified atom stereocenters. The Balaban J connectivity index is 2.40. The largest absolute Gasteiger partial charge is 0.392 e. The number of amides is 1. The zero-order valence-electron chi connectivity index (χ0n) is 5.79. The molecule has 0 aromatic heterocycles. The van der Waals surface area contributed by atoms with E-state index in [0.717, 1.165) is 13.0 Å². The number of rotatable bonds is 2. The quantitative estimate of drug-likeness (QED) is 0.593. The van der Waals surface area contributed by atoms with E-state index in [1.807, 2.05) is 0 Å². The van der Waals surface area contributed by atoms with Crippen LogP contribution in [0.5, 0.6) is 0 Å². The smallest absolute Gasteiger partial charge is 0.226 e. The van der Waals surface area contributed by atoms with Gasteiger partial charge < -0.3 is 10.0 Å². The Morgan fingerprint density at radius 1 is 1.70 bits per heavy atom. The summed E-state index contributed by atoms with van der Waals surface area (Å²) < 4.78 is 0. The third-order valence-corrected chi connectivity index (χ3v) is 1.50. The van der Waals surface area contributed by atoms with Gasteiger partial charge in [0.1, 0.15) is 0 Å². The van der Waals surface area contributed by atoms with Crippen LogP contribution in [0.3, 0.4) is 0 Å². The van der Waals surface area contributed by atoms with Crippen LogP contribution in [0.1, 0.15) is 12.8 Å². The van der Waals surface area contributed by atoms with Crippen LogP contribution in [-0.2, 0) is 4.79 Å². The van der Waals surface area contributed by atoms with E-state index in [1.54, 1.807) is 17.2 Å². The Morgan fingerprint density at radius 3 is 3.00 bits per heavy atom. The van der Waals surface area contributed by atoms with Gasteiger partial charge >= 0.3 is 0 Å². The molecule has 3 heteroatoms. The Labute approximate surface area is 59.9 Å². The summed E-state index contributed by atoms with van der Waals surface area (Å²) in [7, 11) is 0. The number of aliphatic hydroxyl groups excluding tert-OH is 1. The van der Waals surface area contributed by atoms with Crippen molar-refractivity contribution in [1.29, 1.82) is 0 Å². The highest BCUT2D eigenvalue weighted by Gasteiger charge is 2.16. The average Bonchev–Trinajstić information content (AvgIpc) is 2.31. The van der Waals surface area contributed by atoms with Crippen molar-refractivity contribution in [1.82, 2.24) is 4.90 Å². The minimum atomic E-state index is 0.00375. The normalized spacial score (nSPS) is 19.3. The van der Waals surface area contributed by atoms with Crippen molar-refractivity contribution in [3.63, 3.8) is 0 Å². The molecule has 1 amide bonds. The lowest BCUT2D eigenvalue weighted by atomic mass is 10.4. The third-order valence-electron chi connectivity index (χ3n) is 1.50. The van der Waals surface area contributed by atoms with E-state index in [0.29, 0.717) is 6.42 Å². The summed E-state index contributed by atoms with van der Waals surface area (Å²) >= 11 is 0. The number of likely N-dealkylation sites (tertiary alicyclic amines) is 1. The molecule has 0 saturated carbocycles. The highest BCUT2D eigenvalue weighted by atomic mass is 16.2. The summed E-state index contributed by atoms with van der Waals surface area (Å²) in [6.45, 7) is 0.805. The van der Waals surface area contributed by atoms with Crippen LogP contribution in [-0.4, -0.2) is 29.1 Å². The maximum absolute atomic E-state index is 10.9. The predicted octanol–water partition coefficient (Wildman–Crippen LogP) is 0.115. The Morgan fingerprint density at radius 2 is 2.50 bits per heavy atom. The molecular formula is C7H11NO2. The van der Waals surface area contributed by atoms with Crippen molar-refractivity contribution >= 4 is 5.91 Å². The minimum absolute atomic E-state index is 0.00375. The van der Waals surface area contributed by atoms with E-state index in [2.05, 4.69) is 0 Å². The summed E-state index contributed by atoms with van der Waals surface area (Å²) in [6, 6.07) is 0. The summed E-state index contributed by atoms with van der Waals surface area (Å²) in [5.74, 6) is 0.157. The van der Waals surface area contributed by atoms with Crippen molar-refractivity contribution < 1.29 is 9.90 Å². The lowest BCUT2D eigenvalue weighted by Gasteiger charge is -2.06. The maximum Gasteiger partial charge on any atom is 0.226 e. The van der Waals surface area contributed by atoms with Crippen molar-refractivity contribution in [2.75, 3.05) is 13.2 Å². The van der Waals surface area contributed by atoms with Crippen molar-refractivity contribution in [3.05, 3.63) is 12.3 Å². The van der Waals surface area contributed by atoms with Crippen LogP contribution >= 0.6 is 0 Å². The summed E-state index contributed by atoms with van der Waals surface area (Å²) in [4.78, 5) is 12.5. The number of hydrogen-bond donors (Lipinski definition) is 1. The van der Waals surface area contributed by atoms with E-state index in [1.165, 1.54) is 0 Å². The van der Waals surface area contributed by atoms with Crippen LogP contribution in [0.4, 0.5) is 0 Å². The molecule has 1 rings (SSSR count). The standard InChI is InChI=1S/C7H11NO2/c9-6-2-5-8-4-1-3-7(8)10/h2,5,9H,1,3-4,6H2. The zero-order chi connectivity index (χ0) is 7.40. The number of hydrogen-bond acceptors (Lipinski definition) is 2. The van der Waals surface area contributed by atoms with Crippen LogP contribution in [0, 0.1) is 0 Å². The van der Waals surface area contributed by atoms with Crippen molar-refractivity contribution in [2.24, 2.45) is 0 Å². The second kappa shape index (κ2) is 3.37. The van der Waals surface area contributed by atoms with Crippen LogP contribution in [0.15, 0.2) is 12.3 Å². The molecule has 56 valence electrons. The molecule has 0 spiro atoms. The van der Waals surface area contributed by atoms with Crippen LogP contribution in [0.25, 0.3) is 0 Å². The van der Waals surface area contributed by atoms with Gasteiger partial charge in [0.05, 0.1) is 6.61 Å². The molecule has 0 bridgehead atoms. The maximum atomic E-state index is 10.9. The van der Waals surface area contributed by atoms with Gasteiger partial charge in [0.15, 0.2) is 0 Å². The number of nitrogens with zero attached hydrogens (tertiary/aromatic N) is 1. The fourth-order valence-electron chi connectivity index (χ4n) is 1.00. The third kappa shape index (κ3) is 1.57. The zero-order valence-corrected chi connectivity index (χ0v) is 5.79. The second-order valence-electron chi connectivity index (χ2n) is 2.26. The molecule has 3 nitrogen and oxygen atoms in total. The van der Waals surface area contributed by atoms with Gasteiger partial charge in [-0.3, -0.25) is 4.79 Å². The van der Waals surface area contributed by atoms with Gasteiger partial charge in [-0.25, -0.2) is 0 Å². The van der Waals surface area contributed by atoms with Gasteiger partial charge in [-0.2, -0.15) is 0 Å². The molecule has 1 N–H and O–H groups in total. The summed E-state index contributed by atoms with van der Waals surface area (Å²) in [5, 5.41) is 8.39. The van der Waals surface area contributed by atoms with E-state index >= 15 is 0 Å². The van der Waals surface area contributed by atoms with Gasteiger partial charge in [-0.05, 0) is 12.5 Å². The molecule has 1 fully saturated rings. The molecule has 0 aliphatic carbocycles. The van der Waals surface area contributed by atoms with Crippen LogP contribution < -0.4 is 0 Å². The molecule has 1 heterocycles. The molecule has 10 heavy (non-hydrogen) atoms. The first-order chi connectivity index (χ1) is 4.84. The van der Waals surface area contributed by atoms with E-state index in [4.69, 9.17) is 5.11 Å². The fourth-order valence-corrected chi connectivity index (χ4v) is 1.00. The lowest BCUT2D eigenvalue weighted by Crippen LogP contribution is -2.17. The molecule has 0 aromatic rings.